The lowest BCUT2D eigenvalue weighted by Gasteiger charge is -2.24. The Morgan fingerprint density at radius 3 is 2.32 bits per heavy atom. The molecule has 0 unspecified atom stereocenters. The number of para-hydroxylation sites is 2. The summed E-state index contributed by atoms with van der Waals surface area (Å²) in [7, 11) is -1.77. The third-order valence-electron chi connectivity index (χ3n) is 3.34. The number of halogens is 1. The van der Waals surface area contributed by atoms with Gasteiger partial charge >= 0.3 is 5.97 Å². The first kappa shape index (κ1) is 18.5. The number of benzene rings is 2. The van der Waals surface area contributed by atoms with Gasteiger partial charge in [-0.1, -0.05) is 12.1 Å². The summed E-state index contributed by atoms with van der Waals surface area (Å²) in [4.78, 5) is 10.8. The molecule has 0 saturated heterocycles. The summed E-state index contributed by atoms with van der Waals surface area (Å²) in [5.74, 6) is -2.20. The molecule has 0 atom stereocenters. The summed E-state index contributed by atoms with van der Waals surface area (Å²) in [6.45, 7) is -0.851. The summed E-state index contributed by atoms with van der Waals surface area (Å²) in [6.07, 6.45) is 0. The van der Waals surface area contributed by atoms with E-state index in [1.807, 2.05) is 0 Å². The van der Waals surface area contributed by atoms with Crippen LogP contribution in [-0.4, -0.2) is 40.3 Å². The SMILES string of the molecule is COc1ccc(S(=O)(=O)N(CC(=O)O)c2ccccc2OC)cc1F. The summed E-state index contributed by atoms with van der Waals surface area (Å²) in [6, 6.07) is 9.12. The van der Waals surface area contributed by atoms with Crippen molar-refractivity contribution in [2.24, 2.45) is 0 Å². The van der Waals surface area contributed by atoms with E-state index in [0.29, 0.717) is 4.31 Å². The minimum Gasteiger partial charge on any atom is -0.495 e. The molecule has 9 heteroatoms. The molecular formula is C16H16FNO6S. The fourth-order valence-corrected chi connectivity index (χ4v) is 3.63. The van der Waals surface area contributed by atoms with Gasteiger partial charge in [0.25, 0.3) is 10.0 Å². The number of carboxylic acids is 1. The van der Waals surface area contributed by atoms with Gasteiger partial charge in [-0.05, 0) is 30.3 Å². The molecule has 2 aromatic carbocycles. The van der Waals surface area contributed by atoms with E-state index < -0.39 is 33.3 Å². The second-order valence-corrected chi connectivity index (χ2v) is 6.74. The molecule has 0 aliphatic rings. The number of rotatable bonds is 7. The topological polar surface area (TPSA) is 93.1 Å². The smallest absolute Gasteiger partial charge is 0.324 e. The number of sulfonamides is 1. The third kappa shape index (κ3) is 3.82. The minimum absolute atomic E-state index is 0.0311. The first-order valence-electron chi connectivity index (χ1n) is 7.02. The Morgan fingerprint density at radius 2 is 1.76 bits per heavy atom. The van der Waals surface area contributed by atoms with Gasteiger partial charge in [0.2, 0.25) is 0 Å². The molecule has 0 aromatic heterocycles. The summed E-state index contributed by atoms with van der Waals surface area (Å²) >= 11 is 0. The van der Waals surface area contributed by atoms with Crippen LogP contribution in [0.2, 0.25) is 0 Å². The van der Waals surface area contributed by atoms with Crippen LogP contribution in [0.15, 0.2) is 47.4 Å². The van der Waals surface area contributed by atoms with Crippen molar-refractivity contribution < 1.29 is 32.2 Å². The lowest BCUT2D eigenvalue weighted by Crippen LogP contribution is -2.36. The van der Waals surface area contributed by atoms with Crippen molar-refractivity contribution in [2.45, 2.75) is 4.90 Å². The number of ether oxygens (including phenoxy) is 2. The van der Waals surface area contributed by atoms with E-state index in [4.69, 9.17) is 14.6 Å². The molecule has 0 spiro atoms. The molecule has 2 aromatic rings. The maximum absolute atomic E-state index is 13.9. The maximum atomic E-state index is 13.9. The van der Waals surface area contributed by atoms with Gasteiger partial charge in [-0.25, -0.2) is 12.8 Å². The Labute approximate surface area is 144 Å². The van der Waals surface area contributed by atoms with Gasteiger partial charge in [0, 0.05) is 0 Å². The molecule has 0 aliphatic carbocycles. The van der Waals surface area contributed by atoms with Crippen molar-refractivity contribution >= 4 is 21.7 Å². The molecule has 25 heavy (non-hydrogen) atoms. The first-order chi connectivity index (χ1) is 11.8. The third-order valence-corrected chi connectivity index (χ3v) is 5.10. The highest BCUT2D eigenvalue weighted by molar-refractivity contribution is 7.92. The average molecular weight is 369 g/mol. The number of nitrogens with zero attached hydrogens (tertiary/aromatic N) is 1. The Balaban J connectivity index is 2.60. The second-order valence-electron chi connectivity index (χ2n) is 4.87. The Morgan fingerprint density at radius 1 is 1.12 bits per heavy atom. The van der Waals surface area contributed by atoms with E-state index >= 15 is 0 Å². The largest absolute Gasteiger partial charge is 0.495 e. The number of aliphatic carboxylic acids is 1. The van der Waals surface area contributed by atoms with Crippen molar-refractivity contribution in [3.05, 3.63) is 48.3 Å². The molecular weight excluding hydrogens is 353 g/mol. The Hall–Kier alpha value is -2.81. The average Bonchev–Trinajstić information content (AvgIpc) is 2.59. The van der Waals surface area contributed by atoms with Crippen LogP contribution in [0.25, 0.3) is 0 Å². The van der Waals surface area contributed by atoms with E-state index in [-0.39, 0.29) is 17.2 Å². The van der Waals surface area contributed by atoms with Crippen LogP contribution >= 0.6 is 0 Å². The van der Waals surface area contributed by atoms with E-state index in [0.717, 1.165) is 18.2 Å². The van der Waals surface area contributed by atoms with Crippen LogP contribution < -0.4 is 13.8 Å². The zero-order valence-electron chi connectivity index (χ0n) is 13.5. The van der Waals surface area contributed by atoms with E-state index in [1.165, 1.54) is 32.4 Å². The minimum atomic E-state index is -4.35. The van der Waals surface area contributed by atoms with Crippen LogP contribution in [0.5, 0.6) is 11.5 Å². The highest BCUT2D eigenvalue weighted by Gasteiger charge is 2.30. The lowest BCUT2D eigenvalue weighted by molar-refractivity contribution is -0.135. The predicted molar refractivity (Wildman–Crippen MR) is 88.1 cm³/mol. The summed E-state index contributed by atoms with van der Waals surface area (Å²) in [5.41, 5.74) is 0.0311. The standard InChI is InChI=1S/C16H16FNO6S/c1-23-14-8-7-11(9-12(14)17)25(21,22)18(10-16(19)20)13-5-3-4-6-15(13)24-2/h3-9H,10H2,1-2H3,(H,19,20). The quantitative estimate of drug-likeness (QED) is 0.804. The van der Waals surface area contributed by atoms with Crippen LogP contribution in [0.3, 0.4) is 0 Å². The molecule has 0 amide bonds. The molecule has 1 N–H and O–H groups in total. The fraction of sp³-hybridized carbons (Fsp3) is 0.188. The fourth-order valence-electron chi connectivity index (χ4n) is 2.19. The zero-order chi connectivity index (χ0) is 18.6. The number of carboxylic acid groups (broad SMARTS) is 1. The predicted octanol–water partition coefficient (Wildman–Crippen LogP) is 2.12. The molecule has 0 radical (unpaired) electrons. The van der Waals surface area contributed by atoms with Crippen molar-refractivity contribution in [3.63, 3.8) is 0 Å². The normalized spacial score (nSPS) is 11.0. The van der Waals surface area contributed by atoms with Gasteiger partial charge in [-0.2, -0.15) is 0 Å². The van der Waals surface area contributed by atoms with Crippen molar-refractivity contribution in [1.82, 2.24) is 0 Å². The van der Waals surface area contributed by atoms with Gasteiger partial charge in [0.05, 0.1) is 24.8 Å². The number of methoxy groups -OCH3 is 2. The Kier molecular flexibility index (Phi) is 5.48. The highest BCUT2D eigenvalue weighted by atomic mass is 32.2. The number of carbonyl (C=O) groups is 1. The van der Waals surface area contributed by atoms with Gasteiger partial charge in [0.15, 0.2) is 11.6 Å². The lowest BCUT2D eigenvalue weighted by atomic mass is 10.3. The van der Waals surface area contributed by atoms with Crippen LogP contribution in [0.1, 0.15) is 0 Å². The maximum Gasteiger partial charge on any atom is 0.324 e. The highest BCUT2D eigenvalue weighted by Crippen LogP contribution is 2.33. The zero-order valence-corrected chi connectivity index (χ0v) is 14.3. The van der Waals surface area contributed by atoms with E-state index in [1.54, 1.807) is 6.07 Å². The molecule has 0 heterocycles. The molecule has 134 valence electrons. The summed E-state index contributed by atoms with van der Waals surface area (Å²) < 4.78 is 50.2. The van der Waals surface area contributed by atoms with E-state index in [2.05, 4.69) is 0 Å². The van der Waals surface area contributed by atoms with Gasteiger partial charge in [-0.15, -0.1) is 0 Å². The van der Waals surface area contributed by atoms with Crippen molar-refractivity contribution in [2.75, 3.05) is 25.1 Å². The summed E-state index contributed by atoms with van der Waals surface area (Å²) in [5, 5.41) is 9.11. The van der Waals surface area contributed by atoms with E-state index in [9.17, 15) is 17.6 Å². The molecule has 0 aliphatic heterocycles. The van der Waals surface area contributed by atoms with Crippen molar-refractivity contribution in [1.29, 1.82) is 0 Å². The molecule has 0 fully saturated rings. The molecule has 0 saturated carbocycles. The van der Waals surface area contributed by atoms with Crippen LogP contribution in [0, 0.1) is 5.82 Å². The molecule has 2 rings (SSSR count). The number of hydrogen-bond acceptors (Lipinski definition) is 5. The second kappa shape index (κ2) is 7.39. The Bertz CT molecular complexity index is 884. The van der Waals surface area contributed by atoms with Crippen LogP contribution in [-0.2, 0) is 14.8 Å². The number of anilines is 1. The first-order valence-corrected chi connectivity index (χ1v) is 8.46. The van der Waals surface area contributed by atoms with Gasteiger partial charge in [0.1, 0.15) is 12.3 Å². The number of hydrogen-bond donors (Lipinski definition) is 1. The van der Waals surface area contributed by atoms with Crippen molar-refractivity contribution in [3.8, 4) is 11.5 Å². The molecule has 0 bridgehead atoms. The van der Waals surface area contributed by atoms with Crippen LogP contribution in [0.4, 0.5) is 10.1 Å². The van der Waals surface area contributed by atoms with Gasteiger partial charge < -0.3 is 14.6 Å². The van der Waals surface area contributed by atoms with Gasteiger partial charge in [-0.3, -0.25) is 9.10 Å². The monoisotopic (exact) mass is 369 g/mol. The molecule has 7 nitrogen and oxygen atoms in total.